The Kier molecular flexibility index (Phi) is 7.41. The molecule has 0 radical (unpaired) electrons. The number of nitrogens with one attached hydrogen (secondary N) is 1. The molecule has 0 aromatic heterocycles. The fraction of sp³-hybridized carbons (Fsp3) is 0.533. The molecular formula is C15H22ClNO3. The van der Waals surface area contributed by atoms with Gasteiger partial charge in [0.2, 0.25) is 0 Å². The first kappa shape index (κ1) is 16.8. The maximum absolute atomic E-state index is 10.5. The lowest BCUT2D eigenvalue weighted by Crippen LogP contribution is -2.30. The van der Waals surface area contributed by atoms with E-state index in [9.17, 15) is 4.79 Å². The number of benzene rings is 1. The van der Waals surface area contributed by atoms with Crippen LogP contribution in [0.3, 0.4) is 0 Å². The van der Waals surface area contributed by atoms with Gasteiger partial charge in [0, 0.05) is 18.2 Å². The van der Waals surface area contributed by atoms with Crippen molar-refractivity contribution in [2.24, 2.45) is 0 Å². The summed E-state index contributed by atoms with van der Waals surface area (Å²) in [5.41, 5.74) is 1.02. The van der Waals surface area contributed by atoms with Crippen molar-refractivity contribution in [2.45, 2.75) is 44.7 Å². The van der Waals surface area contributed by atoms with Crippen LogP contribution >= 0.6 is 12.4 Å². The van der Waals surface area contributed by atoms with E-state index in [0.29, 0.717) is 11.8 Å². The predicted molar refractivity (Wildman–Crippen MR) is 80.5 cm³/mol. The third-order valence-electron chi connectivity index (χ3n) is 3.51. The minimum Gasteiger partial charge on any atom is -0.482 e. The molecule has 0 aliphatic heterocycles. The molecule has 1 aromatic carbocycles. The van der Waals surface area contributed by atoms with Crippen LogP contribution in [0.15, 0.2) is 24.3 Å². The molecule has 20 heavy (non-hydrogen) atoms. The van der Waals surface area contributed by atoms with Gasteiger partial charge in [-0.25, -0.2) is 4.79 Å². The van der Waals surface area contributed by atoms with E-state index in [0.717, 1.165) is 12.1 Å². The highest BCUT2D eigenvalue weighted by atomic mass is 35.5. The lowest BCUT2D eigenvalue weighted by atomic mass is 9.95. The second-order valence-corrected chi connectivity index (χ2v) is 5.01. The number of ether oxygens (including phenoxy) is 1. The molecule has 0 atom stereocenters. The Labute approximate surface area is 125 Å². The highest BCUT2D eigenvalue weighted by Crippen LogP contribution is 2.21. The number of hydrogen-bond acceptors (Lipinski definition) is 3. The number of halogens is 1. The van der Waals surface area contributed by atoms with Gasteiger partial charge in [-0.3, -0.25) is 0 Å². The van der Waals surface area contributed by atoms with Crippen LogP contribution in [0.2, 0.25) is 0 Å². The SMILES string of the molecule is Cl.O=C(O)COc1ccccc1CNC1CCCCC1. The van der Waals surface area contributed by atoms with E-state index in [1.165, 1.54) is 32.1 Å². The summed E-state index contributed by atoms with van der Waals surface area (Å²) < 4.78 is 5.30. The largest absolute Gasteiger partial charge is 0.482 e. The fourth-order valence-corrected chi connectivity index (χ4v) is 2.49. The number of carboxylic acid groups (broad SMARTS) is 1. The first-order chi connectivity index (χ1) is 9.25. The lowest BCUT2D eigenvalue weighted by Gasteiger charge is -2.23. The first-order valence-electron chi connectivity index (χ1n) is 6.91. The number of carboxylic acids is 1. The summed E-state index contributed by atoms with van der Waals surface area (Å²) in [6, 6.07) is 8.20. The van der Waals surface area contributed by atoms with E-state index >= 15 is 0 Å². The third-order valence-corrected chi connectivity index (χ3v) is 3.51. The van der Waals surface area contributed by atoms with Gasteiger partial charge in [0.05, 0.1) is 0 Å². The molecule has 112 valence electrons. The highest BCUT2D eigenvalue weighted by Gasteiger charge is 2.13. The molecule has 0 saturated heterocycles. The topological polar surface area (TPSA) is 58.6 Å². The summed E-state index contributed by atoms with van der Waals surface area (Å²) in [5, 5.41) is 12.2. The summed E-state index contributed by atoms with van der Waals surface area (Å²) in [4.78, 5) is 10.5. The van der Waals surface area contributed by atoms with Gasteiger partial charge in [-0.15, -0.1) is 12.4 Å². The fourth-order valence-electron chi connectivity index (χ4n) is 2.49. The molecule has 1 fully saturated rings. The van der Waals surface area contributed by atoms with Crippen LogP contribution in [0.4, 0.5) is 0 Å². The summed E-state index contributed by atoms with van der Waals surface area (Å²) >= 11 is 0. The molecule has 0 bridgehead atoms. The number of carbonyl (C=O) groups is 1. The summed E-state index contributed by atoms with van der Waals surface area (Å²) in [6.45, 7) is 0.445. The van der Waals surface area contributed by atoms with Crippen molar-refractivity contribution in [3.63, 3.8) is 0 Å². The van der Waals surface area contributed by atoms with Gasteiger partial charge in [0.15, 0.2) is 6.61 Å². The van der Waals surface area contributed by atoms with Gasteiger partial charge in [-0.05, 0) is 18.9 Å². The molecule has 1 aromatic rings. The molecule has 0 unspecified atom stereocenters. The van der Waals surface area contributed by atoms with E-state index < -0.39 is 5.97 Å². The zero-order valence-corrected chi connectivity index (χ0v) is 12.3. The predicted octanol–water partition coefficient (Wildman–Crippen LogP) is 2.99. The standard InChI is InChI=1S/C15H21NO3.ClH/c17-15(18)11-19-14-9-5-4-6-12(14)10-16-13-7-2-1-3-8-13;/h4-6,9,13,16H,1-3,7-8,10-11H2,(H,17,18);1H. The zero-order chi connectivity index (χ0) is 13.5. The van der Waals surface area contributed by atoms with Crippen LogP contribution in [0, 0.1) is 0 Å². The molecule has 1 aliphatic carbocycles. The van der Waals surface area contributed by atoms with Crippen molar-refractivity contribution >= 4 is 18.4 Å². The van der Waals surface area contributed by atoms with Crippen LogP contribution < -0.4 is 10.1 Å². The van der Waals surface area contributed by atoms with E-state index in [1.54, 1.807) is 0 Å². The zero-order valence-electron chi connectivity index (χ0n) is 11.5. The van der Waals surface area contributed by atoms with Crippen LogP contribution in [-0.4, -0.2) is 23.7 Å². The highest BCUT2D eigenvalue weighted by molar-refractivity contribution is 5.85. The average molecular weight is 300 g/mol. The summed E-state index contributed by atoms with van der Waals surface area (Å²) in [7, 11) is 0. The van der Waals surface area contributed by atoms with Crippen LogP contribution in [0.5, 0.6) is 5.75 Å². The van der Waals surface area contributed by atoms with Crippen LogP contribution in [0.25, 0.3) is 0 Å². The molecule has 0 amide bonds. The van der Waals surface area contributed by atoms with Crippen molar-refractivity contribution in [1.29, 1.82) is 0 Å². The number of para-hydroxylation sites is 1. The van der Waals surface area contributed by atoms with Crippen molar-refractivity contribution in [3.05, 3.63) is 29.8 Å². The van der Waals surface area contributed by atoms with Gasteiger partial charge < -0.3 is 15.2 Å². The van der Waals surface area contributed by atoms with Crippen molar-refractivity contribution < 1.29 is 14.6 Å². The molecule has 2 rings (SSSR count). The summed E-state index contributed by atoms with van der Waals surface area (Å²) in [5.74, 6) is -0.289. The minimum atomic E-state index is -0.949. The minimum absolute atomic E-state index is 0. The number of rotatable bonds is 6. The van der Waals surface area contributed by atoms with Gasteiger partial charge in [0.25, 0.3) is 0 Å². The Morgan fingerprint density at radius 3 is 2.65 bits per heavy atom. The molecule has 0 heterocycles. The number of hydrogen-bond donors (Lipinski definition) is 2. The normalized spacial score (nSPS) is 15.4. The number of aliphatic carboxylic acids is 1. The van der Waals surface area contributed by atoms with Crippen LogP contribution in [-0.2, 0) is 11.3 Å². The maximum atomic E-state index is 10.5. The van der Waals surface area contributed by atoms with Crippen molar-refractivity contribution in [2.75, 3.05) is 6.61 Å². The maximum Gasteiger partial charge on any atom is 0.341 e. The molecule has 5 heteroatoms. The van der Waals surface area contributed by atoms with Gasteiger partial charge in [-0.1, -0.05) is 37.5 Å². The lowest BCUT2D eigenvalue weighted by molar-refractivity contribution is -0.139. The van der Waals surface area contributed by atoms with Gasteiger partial charge in [0.1, 0.15) is 5.75 Å². The molecule has 0 spiro atoms. The second-order valence-electron chi connectivity index (χ2n) is 5.01. The third kappa shape index (κ3) is 5.39. The van der Waals surface area contributed by atoms with E-state index in [1.807, 2.05) is 24.3 Å². The Hall–Kier alpha value is -1.26. The second kappa shape index (κ2) is 8.82. The molecule has 1 saturated carbocycles. The van der Waals surface area contributed by atoms with Gasteiger partial charge >= 0.3 is 5.97 Å². The van der Waals surface area contributed by atoms with Gasteiger partial charge in [-0.2, -0.15) is 0 Å². The Morgan fingerprint density at radius 2 is 1.95 bits per heavy atom. The average Bonchev–Trinajstić information content (AvgIpc) is 2.45. The van der Waals surface area contributed by atoms with Crippen molar-refractivity contribution in [3.8, 4) is 5.75 Å². The first-order valence-corrected chi connectivity index (χ1v) is 6.91. The quantitative estimate of drug-likeness (QED) is 0.848. The molecule has 2 N–H and O–H groups in total. The van der Waals surface area contributed by atoms with E-state index in [-0.39, 0.29) is 19.0 Å². The van der Waals surface area contributed by atoms with E-state index in [4.69, 9.17) is 9.84 Å². The Bertz CT molecular complexity index is 419. The Morgan fingerprint density at radius 1 is 1.25 bits per heavy atom. The van der Waals surface area contributed by atoms with E-state index in [2.05, 4.69) is 5.32 Å². The van der Waals surface area contributed by atoms with Crippen LogP contribution in [0.1, 0.15) is 37.7 Å². The van der Waals surface area contributed by atoms with Crippen molar-refractivity contribution in [1.82, 2.24) is 5.32 Å². The monoisotopic (exact) mass is 299 g/mol. The Balaban J connectivity index is 0.00000200. The molecular weight excluding hydrogens is 278 g/mol. The molecule has 1 aliphatic rings. The smallest absolute Gasteiger partial charge is 0.341 e. The summed E-state index contributed by atoms with van der Waals surface area (Å²) in [6.07, 6.45) is 6.41. The molecule has 4 nitrogen and oxygen atoms in total.